The van der Waals surface area contributed by atoms with Gasteiger partial charge in [0.2, 0.25) is 0 Å². The fourth-order valence-corrected chi connectivity index (χ4v) is 0. The van der Waals surface area contributed by atoms with E-state index < -0.39 is 0 Å². The Labute approximate surface area is 60.7 Å². The van der Waals surface area contributed by atoms with Crippen molar-refractivity contribution in [1.82, 2.24) is 0 Å². The Hall–Kier alpha value is 1.66. The molecule has 4 heavy (non-hydrogen) atoms. The van der Waals surface area contributed by atoms with E-state index in [-0.39, 0.29) is 60.9 Å². The van der Waals surface area contributed by atoms with Crippen LogP contribution in [-0.2, 0) is 0 Å². The molecule has 0 aliphatic heterocycles. The summed E-state index contributed by atoms with van der Waals surface area (Å²) in [5.74, 6) is 0. The summed E-state index contributed by atoms with van der Waals surface area (Å²) in [5, 5.41) is 0. The molecule has 0 saturated heterocycles. The van der Waals surface area contributed by atoms with E-state index in [0.29, 0.717) is 0 Å². The third kappa shape index (κ3) is 9.40. The first-order valence-corrected chi connectivity index (χ1v) is 0. The number of halogens is 3. The Morgan fingerprint density at radius 2 is 0.500 bits per heavy atom. The van der Waals surface area contributed by atoms with Crippen molar-refractivity contribution < 1.29 is 0 Å². The van der Waals surface area contributed by atoms with Gasteiger partial charge < -0.3 is 0 Å². The van der Waals surface area contributed by atoms with E-state index in [2.05, 4.69) is 0 Å². The smallest absolute Gasteiger partial charge is 0 e. The standard InChI is InChI=1S/3ClH.Te/h3*1H;. The molecule has 0 bridgehead atoms. The van der Waals surface area contributed by atoms with Crippen LogP contribution in [0, 0.1) is 0 Å². The molecule has 2 radical (unpaired) electrons. The van der Waals surface area contributed by atoms with Gasteiger partial charge in [-0.05, 0) is 0 Å². The molecule has 4 heteroatoms. The van der Waals surface area contributed by atoms with E-state index in [1.54, 1.807) is 0 Å². The predicted molar refractivity (Wildman–Crippen MR) is 27.5 cm³/mol. The monoisotopic (exact) mass is 238 g/mol. The van der Waals surface area contributed by atoms with Gasteiger partial charge in [-0.3, -0.25) is 0 Å². The first-order valence-electron chi connectivity index (χ1n) is 0. The van der Waals surface area contributed by atoms with Crippen molar-refractivity contribution in [3.8, 4) is 0 Å². The Morgan fingerprint density at radius 1 is 0.500 bits per heavy atom. The van der Waals surface area contributed by atoms with E-state index in [1.807, 2.05) is 0 Å². The van der Waals surface area contributed by atoms with Crippen LogP contribution in [0.25, 0.3) is 0 Å². The second-order valence-corrected chi connectivity index (χ2v) is 0. The summed E-state index contributed by atoms with van der Waals surface area (Å²) in [5.41, 5.74) is 0. The number of hydrogen-bond acceptors (Lipinski definition) is 0. The van der Waals surface area contributed by atoms with Crippen LogP contribution in [-0.4, -0.2) is 23.7 Å². The second-order valence-electron chi connectivity index (χ2n) is 0. The van der Waals surface area contributed by atoms with E-state index in [4.69, 9.17) is 0 Å². The molecular formula is H3Cl3Te. The van der Waals surface area contributed by atoms with Crippen molar-refractivity contribution in [1.29, 1.82) is 0 Å². The van der Waals surface area contributed by atoms with Gasteiger partial charge in [-0.1, -0.05) is 0 Å². The zero-order valence-corrected chi connectivity index (χ0v) is 6.41. The maximum absolute atomic E-state index is 0. The molecule has 0 nitrogen and oxygen atoms in total. The molecule has 0 atom stereocenters. The van der Waals surface area contributed by atoms with E-state index >= 15 is 0 Å². The van der Waals surface area contributed by atoms with Gasteiger partial charge in [0.05, 0.1) is 0 Å². The first-order chi connectivity index (χ1) is 0. The molecule has 0 aromatic rings. The maximum Gasteiger partial charge on any atom is 0 e. The first kappa shape index (κ1) is 44.6. The van der Waals surface area contributed by atoms with Crippen molar-refractivity contribution in [2.75, 3.05) is 0 Å². The minimum absolute atomic E-state index is 0. The fourth-order valence-electron chi connectivity index (χ4n) is 0. The van der Waals surface area contributed by atoms with Crippen LogP contribution in [0.15, 0.2) is 0 Å². The molecule has 0 aromatic heterocycles. The third-order valence-corrected chi connectivity index (χ3v) is 0. The van der Waals surface area contributed by atoms with Crippen LogP contribution in [0.1, 0.15) is 0 Å². The summed E-state index contributed by atoms with van der Waals surface area (Å²) in [6.07, 6.45) is 0. The summed E-state index contributed by atoms with van der Waals surface area (Å²) >= 11 is 0. The molecule has 0 aliphatic carbocycles. The summed E-state index contributed by atoms with van der Waals surface area (Å²) in [4.78, 5) is 0. The summed E-state index contributed by atoms with van der Waals surface area (Å²) in [6, 6.07) is 0. The minimum atomic E-state index is 0. The van der Waals surface area contributed by atoms with Crippen LogP contribution in [0.3, 0.4) is 0 Å². The number of hydrogen-bond donors (Lipinski definition) is 0. The largest absolute Gasteiger partial charge is 0.147 e. The maximum atomic E-state index is 0. The third-order valence-electron chi connectivity index (χ3n) is 0. The quantitative estimate of drug-likeness (QED) is 0.549. The van der Waals surface area contributed by atoms with Crippen molar-refractivity contribution >= 4 is 60.9 Å². The summed E-state index contributed by atoms with van der Waals surface area (Å²) in [6.45, 7) is 0. The summed E-state index contributed by atoms with van der Waals surface area (Å²) < 4.78 is 0. The SMILES string of the molecule is Cl.Cl.Cl.[Te]. The van der Waals surface area contributed by atoms with Gasteiger partial charge in [-0.15, -0.1) is 37.2 Å². The van der Waals surface area contributed by atoms with Gasteiger partial charge in [0.1, 0.15) is 0 Å². The molecule has 0 unspecified atom stereocenters. The molecule has 0 saturated carbocycles. The molecule has 0 N–H and O–H groups in total. The average molecular weight is 237 g/mol. The Balaban J connectivity index is 0. The van der Waals surface area contributed by atoms with Crippen LogP contribution in [0.4, 0.5) is 0 Å². The van der Waals surface area contributed by atoms with Crippen LogP contribution in [0.5, 0.6) is 0 Å². The molecular weight excluding hydrogens is 234 g/mol. The molecule has 0 rings (SSSR count). The molecule has 0 amide bonds. The van der Waals surface area contributed by atoms with Crippen LogP contribution >= 0.6 is 37.2 Å². The number of rotatable bonds is 0. The van der Waals surface area contributed by atoms with Gasteiger partial charge in [0, 0.05) is 23.7 Å². The van der Waals surface area contributed by atoms with Crippen LogP contribution < -0.4 is 0 Å². The predicted octanol–water partition coefficient (Wildman–Crippen LogP) is 0.885. The molecule has 0 aliphatic rings. The molecule has 0 spiro atoms. The normalized spacial score (nSPS) is 0. The topological polar surface area (TPSA) is 0 Å². The van der Waals surface area contributed by atoms with Gasteiger partial charge in [-0.25, -0.2) is 0 Å². The molecule has 0 aromatic carbocycles. The van der Waals surface area contributed by atoms with Gasteiger partial charge in [-0.2, -0.15) is 0 Å². The molecule has 30 valence electrons. The zero-order valence-electron chi connectivity index (χ0n) is 1.63. The fraction of sp³-hybridized carbons (Fsp3) is 0. The second kappa shape index (κ2) is 22.7. The van der Waals surface area contributed by atoms with Gasteiger partial charge in [0.25, 0.3) is 0 Å². The Kier molecular flexibility index (Phi) is 253. The van der Waals surface area contributed by atoms with Crippen molar-refractivity contribution in [3.05, 3.63) is 0 Å². The van der Waals surface area contributed by atoms with Gasteiger partial charge >= 0.3 is 0 Å². The summed E-state index contributed by atoms with van der Waals surface area (Å²) in [7, 11) is 0. The molecule has 0 heterocycles. The van der Waals surface area contributed by atoms with Crippen molar-refractivity contribution in [3.63, 3.8) is 0 Å². The Bertz CT molecular complexity index is 3.25. The van der Waals surface area contributed by atoms with E-state index in [0.717, 1.165) is 0 Å². The van der Waals surface area contributed by atoms with E-state index in [9.17, 15) is 0 Å². The van der Waals surface area contributed by atoms with Gasteiger partial charge in [0.15, 0.2) is 0 Å². The van der Waals surface area contributed by atoms with E-state index in [1.165, 1.54) is 0 Å². The zero-order chi connectivity index (χ0) is 0. The van der Waals surface area contributed by atoms with Crippen molar-refractivity contribution in [2.45, 2.75) is 0 Å². The van der Waals surface area contributed by atoms with Crippen LogP contribution in [0.2, 0.25) is 0 Å². The molecule has 0 fully saturated rings. The minimum Gasteiger partial charge on any atom is -0.147 e. The average Bonchev–Trinajstić information content (AvgIpc) is 0. The van der Waals surface area contributed by atoms with Crippen molar-refractivity contribution in [2.24, 2.45) is 0 Å². The Morgan fingerprint density at radius 3 is 0.500 bits per heavy atom.